The number of nitrogens with one attached hydrogen (secondary N) is 2. The van der Waals surface area contributed by atoms with Gasteiger partial charge in [-0.25, -0.2) is 9.78 Å². The van der Waals surface area contributed by atoms with E-state index in [0.29, 0.717) is 23.1 Å². The smallest absolute Gasteiger partial charge is 0.328 e. The van der Waals surface area contributed by atoms with Crippen molar-refractivity contribution in [3.63, 3.8) is 0 Å². The number of H-pyrrole nitrogens is 1. The highest BCUT2D eigenvalue weighted by Gasteiger charge is 2.18. The van der Waals surface area contributed by atoms with Crippen molar-refractivity contribution in [1.82, 2.24) is 24.8 Å². The normalized spacial score (nSPS) is 14.6. The monoisotopic (exact) mass is 438 g/mol. The fourth-order valence-electron chi connectivity index (χ4n) is 3.96. The first-order valence-electron chi connectivity index (χ1n) is 10.5. The zero-order valence-electron chi connectivity index (χ0n) is 17.9. The van der Waals surface area contributed by atoms with E-state index in [2.05, 4.69) is 25.1 Å². The minimum Gasteiger partial charge on any atom is -0.395 e. The van der Waals surface area contributed by atoms with Gasteiger partial charge in [0.05, 0.1) is 35.9 Å². The van der Waals surface area contributed by atoms with E-state index in [1.54, 1.807) is 25.4 Å². The number of aromatic nitrogens is 3. The largest absolute Gasteiger partial charge is 0.395 e. The zero-order chi connectivity index (χ0) is 22.7. The molecule has 0 radical (unpaired) electrons. The molecule has 0 bridgehead atoms. The molecule has 32 heavy (non-hydrogen) atoms. The fourth-order valence-corrected chi connectivity index (χ4v) is 3.96. The van der Waals surface area contributed by atoms with E-state index in [0.717, 1.165) is 42.0 Å². The average Bonchev–Trinajstić information content (AvgIpc) is 2.82. The van der Waals surface area contributed by atoms with Crippen LogP contribution in [0.15, 0.2) is 46.1 Å². The Bertz CT molecular complexity index is 1230. The number of pyridine rings is 1. The molecule has 2 aromatic heterocycles. The molecule has 1 amide bonds. The highest BCUT2D eigenvalue weighted by molar-refractivity contribution is 5.92. The molecule has 10 nitrogen and oxygen atoms in total. The van der Waals surface area contributed by atoms with Crippen molar-refractivity contribution in [1.29, 1.82) is 0 Å². The molecule has 10 heteroatoms. The number of carbonyl (C=O) groups is 1. The van der Waals surface area contributed by atoms with Crippen LogP contribution in [0.25, 0.3) is 10.9 Å². The van der Waals surface area contributed by atoms with E-state index >= 15 is 0 Å². The lowest BCUT2D eigenvalue weighted by molar-refractivity contribution is 0.0958. The summed E-state index contributed by atoms with van der Waals surface area (Å²) in [5.74, 6) is -0.203. The van der Waals surface area contributed by atoms with Crippen LogP contribution in [0, 0.1) is 0 Å². The van der Waals surface area contributed by atoms with E-state index in [-0.39, 0.29) is 19.1 Å². The molecule has 0 unspecified atom stereocenters. The SMILES string of the molecule is CNC(=O)c1ccc(N2CCN(Cc3ccc4c(=O)n(CCO)c(=O)[nH]c4c3)CC2)cn1. The van der Waals surface area contributed by atoms with Crippen LogP contribution in [0.5, 0.6) is 0 Å². The number of rotatable bonds is 6. The molecule has 1 fully saturated rings. The number of carbonyl (C=O) groups excluding carboxylic acids is 1. The number of benzene rings is 1. The van der Waals surface area contributed by atoms with Crippen LogP contribution in [0.2, 0.25) is 0 Å². The molecule has 0 aliphatic carbocycles. The molecule has 1 aromatic carbocycles. The van der Waals surface area contributed by atoms with Gasteiger partial charge in [-0.15, -0.1) is 0 Å². The van der Waals surface area contributed by atoms with Gasteiger partial charge in [-0.2, -0.15) is 0 Å². The third-order valence-corrected chi connectivity index (χ3v) is 5.72. The van der Waals surface area contributed by atoms with Crippen LogP contribution in [0.1, 0.15) is 16.1 Å². The number of amides is 1. The van der Waals surface area contributed by atoms with Crippen molar-refractivity contribution >= 4 is 22.5 Å². The quantitative estimate of drug-likeness (QED) is 0.485. The zero-order valence-corrected chi connectivity index (χ0v) is 17.9. The van der Waals surface area contributed by atoms with Gasteiger partial charge < -0.3 is 20.3 Å². The number of piperazine rings is 1. The summed E-state index contributed by atoms with van der Waals surface area (Å²) >= 11 is 0. The number of aliphatic hydroxyl groups excluding tert-OH is 1. The van der Waals surface area contributed by atoms with Gasteiger partial charge in [0.2, 0.25) is 0 Å². The van der Waals surface area contributed by atoms with Crippen molar-refractivity contribution in [2.45, 2.75) is 13.1 Å². The molecule has 1 aliphatic rings. The minimum absolute atomic E-state index is 0.0276. The van der Waals surface area contributed by atoms with Crippen molar-refractivity contribution in [2.75, 3.05) is 44.7 Å². The van der Waals surface area contributed by atoms with E-state index in [9.17, 15) is 14.4 Å². The highest BCUT2D eigenvalue weighted by Crippen LogP contribution is 2.18. The summed E-state index contributed by atoms with van der Waals surface area (Å²) < 4.78 is 1.01. The second-order valence-corrected chi connectivity index (χ2v) is 7.73. The van der Waals surface area contributed by atoms with Gasteiger partial charge in [-0.05, 0) is 29.8 Å². The average molecular weight is 438 g/mol. The number of aromatic amines is 1. The lowest BCUT2D eigenvalue weighted by Crippen LogP contribution is -2.46. The molecule has 168 valence electrons. The number of nitrogens with zero attached hydrogens (tertiary/aromatic N) is 4. The Labute approximate surface area is 184 Å². The number of fused-ring (bicyclic) bond motifs is 1. The van der Waals surface area contributed by atoms with Crippen LogP contribution in [0.3, 0.4) is 0 Å². The van der Waals surface area contributed by atoms with Crippen LogP contribution in [0.4, 0.5) is 5.69 Å². The summed E-state index contributed by atoms with van der Waals surface area (Å²) in [6.07, 6.45) is 1.73. The van der Waals surface area contributed by atoms with Crippen LogP contribution < -0.4 is 21.5 Å². The lowest BCUT2D eigenvalue weighted by Gasteiger charge is -2.36. The highest BCUT2D eigenvalue weighted by atomic mass is 16.3. The molecule has 0 atom stereocenters. The van der Waals surface area contributed by atoms with Crippen LogP contribution >= 0.6 is 0 Å². The molecule has 3 aromatic rings. The van der Waals surface area contributed by atoms with Gasteiger partial charge >= 0.3 is 5.69 Å². The van der Waals surface area contributed by atoms with Gasteiger partial charge in [0, 0.05) is 39.8 Å². The fraction of sp³-hybridized carbons (Fsp3) is 0.364. The van der Waals surface area contributed by atoms with Gasteiger partial charge in [0.15, 0.2) is 0 Å². The standard InChI is InChI=1S/C22H26N6O4/c1-23-20(30)18-5-3-16(13-24-18)27-8-6-26(7-9-27)14-15-2-4-17-19(12-15)25-22(32)28(10-11-29)21(17)31/h2-5,12-13,29H,6-11,14H2,1H3,(H,23,30)(H,25,32). The Hall–Kier alpha value is -3.50. The third kappa shape index (κ3) is 4.41. The van der Waals surface area contributed by atoms with Crippen molar-refractivity contribution in [3.8, 4) is 0 Å². The maximum absolute atomic E-state index is 12.5. The Morgan fingerprint density at radius 2 is 1.94 bits per heavy atom. The summed E-state index contributed by atoms with van der Waals surface area (Å²) in [5, 5.41) is 12.1. The molecule has 1 saturated heterocycles. The molecule has 3 N–H and O–H groups in total. The molecule has 4 rings (SSSR count). The summed E-state index contributed by atoms with van der Waals surface area (Å²) in [6, 6.07) is 9.11. The molecule has 1 aliphatic heterocycles. The first kappa shape index (κ1) is 21.7. The van der Waals surface area contributed by atoms with Gasteiger partial charge in [-0.3, -0.25) is 19.1 Å². The first-order chi connectivity index (χ1) is 15.5. The number of hydrogen-bond acceptors (Lipinski definition) is 7. The number of anilines is 1. The van der Waals surface area contributed by atoms with Gasteiger partial charge in [0.1, 0.15) is 5.69 Å². The van der Waals surface area contributed by atoms with Gasteiger partial charge in [-0.1, -0.05) is 6.07 Å². The third-order valence-electron chi connectivity index (χ3n) is 5.72. The topological polar surface area (TPSA) is 124 Å². The van der Waals surface area contributed by atoms with E-state index < -0.39 is 11.2 Å². The van der Waals surface area contributed by atoms with E-state index in [4.69, 9.17) is 5.11 Å². The molecule has 0 saturated carbocycles. The predicted molar refractivity (Wildman–Crippen MR) is 121 cm³/mol. The Morgan fingerprint density at radius 3 is 2.59 bits per heavy atom. The number of aliphatic hydroxyl groups is 1. The lowest BCUT2D eigenvalue weighted by atomic mass is 10.1. The predicted octanol–water partition coefficient (Wildman–Crippen LogP) is -0.241. The second-order valence-electron chi connectivity index (χ2n) is 7.73. The van der Waals surface area contributed by atoms with Crippen molar-refractivity contribution in [2.24, 2.45) is 0 Å². The summed E-state index contributed by atoms with van der Waals surface area (Å²) in [6.45, 7) is 3.77. The van der Waals surface area contributed by atoms with Crippen LogP contribution in [-0.2, 0) is 13.1 Å². The Balaban J connectivity index is 1.41. The molecular weight excluding hydrogens is 412 g/mol. The van der Waals surface area contributed by atoms with E-state index in [1.165, 1.54) is 0 Å². The molecule has 0 spiro atoms. The van der Waals surface area contributed by atoms with Crippen molar-refractivity contribution in [3.05, 3.63) is 68.6 Å². The Morgan fingerprint density at radius 1 is 1.16 bits per heavy atom. The summed E-state index contributed by atoms with van der Waals surface area (Å²) in [4.78, 5) is 47.8. The second kappa shape index (κ2) is 9.33. The molecule has 3 heterocycles. The minimum atomic E-state index is -0.515. The first-order valence-corrected chi connectivity index (χ1v) is 10.5. The Kier molecular flexibility index (Phi) is 6.33. The maximum atomic E-state index is 12.5. The van der Waals surface area contributed by atoms with Crippen molar-refractivity contribution < 1.29 is 9.90 Å². The van der Waals surface area contributed by atoms with Gasteiger partial charge in [0.25, 0.3) is 11.5 Å². The number of hydrogen-bond donors (Lipinski definition) is 3. The molecular formula is C22H26N6O4. The maximum Gasteiger partial charge on any atom is 0.328 e. The summed E-state index contributed by atoms with van der Waals surface area (Å²) in [5.41, 5.74) is 1.99. The van der Waals surface area contributed by atoms with E-state index in [1.807, 2.05) is 18.2 Å². The summed E-state index contributed by atoms with van der Waals surface area (Å²) in [7, 11) is 1.58. The van der Waals surface area contributed by atoms with Crippen LogP contribution in [-0.4, -0.2) is 70.3 Å².